The fourth-order valence-electron chi connectivity index (χ4n) is 4.32. The van der Waals surface area contributed by atoms with Crippen LogP contribution in [0.3, 0.4) is 0 Å². The summed E-state index contributed by atoms with van der Waals surface area (Å²) in [7, 11) is 0. The number of aliphatic imine (C=N–C) groups is 1. The molecule has 0 unspecified atom stereocenters. The highest BCUT2D eigenvalue weighted by Gasteiger charge is 2.40. The molecule has 0 aliphatic carbocycles. The summed E-state index contributed by atoms with van der Waals surface area (Å²) in [6.07, 6.45) is 1.64. The normalized spacial score (nSPS) is 18.0. The first kappa shape index (κ1) is 22.3. The van der Waals surface area contributed by atoms with Crippen LogP contribution < -0.4 is 0 Å². The molecule has 7 heteroatoms. The minimum Gasteiger partial charge on any atom is -0.302 e. The Hall–Kier alpha value is -2.53. The predicted octanol–water partition coefficient (Wildman–Crippen LogP) is 7.70. The number of benzene rings is 2. The Labute approximate surface area is 208 Å². The molecule has 5 rings (SSSR count). The van der Waals surface area contributed by atoms with E-state index in [0.717, 1.165) is 28.3 Å². The van der Waals surface area contributed by atoms with Crippen molar-refractivity contribution in [2.45, 2.75) is 39.2 Å². The molecule has 0 N–H and O–H groups in total. The molecule has 0 saturated carbocycles. The van der Waals surface area contributed by atoms with Crippen LogP contribution in [0.25, 0.3) is 5.69 Å². The summed E-state index contributed by atoms with van der Waals surface area (Å²) in [5.74, 6) is 1.30. The second-order valence-corrected chi connectivity index (χ2v) is 10.5. The highest BCUT2D eigenvalue weighted by atomic mass is 35.5. The van der Waals surface area contributed by atoms with Crippen LogP contribution in [0.1, 0.15) is 49.2 Å². The number of hydrogen-bond donors (Lipinski definition) is 0. The van der Waals surface area contributed by atoms with Gasteiger partial charge in [0, 0.05) is 5.56 Å². The zero-order valence-electron chi connectivity index (χ0n) is 18.8. The van der Waals surface area contributed by atoms with Gasteiger partial charge in [-0.1, -0.05) is 98.0 Å². The molecule has 2 aromatic carbocycles. The van der Waals surface area contributed by atoms with Crippen LogP contribution in [-0.4, -0.2) is 20.5 Å². The number of para-hydroxylation sites is 1. The quantitative estimate of drug-likeness (QED) is 0.340. The molecule has 3 aromatic rings. The highest BCUT2D eigenvalue weighted by Crippen LogP contribution is 2.48. The third-order valence-corrected chi connectivity index (χ3v) is 7.07. The zero-order chi connectivity index (χ0) is 23.5. The second-order valence-electron chi connectivity index (χ2n) is 9.28. The molecule has 0 spiro atoms. The van der Waals surface area contributed by atoms with E-state index in [0.29, 0.717) is 21.1 Å². The molecule has 4 nitrogen and oxygen atoms in total. The first-order chi connectivity index (χ1) is 15.7. The highest BCUT2D eigenvalue weighted by molar-refractivity contribution is 6.49. The molecule has 33 heavy (non-hydrogen) atoms. The molecular weight excluding hydrogens is 475 g/mol. The average molecular weight is 498 g/mol. The Bertz CT molecular complexity index is 1330. The van der Waals surface area contributed by atoms with Gasteiger partial charge in [0.2, 0.25) is 0 Å². The second kappa shape index (κ2) is 8.05. The largest absolute Gasteiger partial charge is 0.302 e. The number of rotatable bonds is 2. The van der Waals surface area contributed by atoms with Crippen LogP contribution >= 0.6 is 34.8 Å². The van der Waals surface area contributed by atoms with Gasteiger partial charge in [0.25, 0.3) is 0 Å². The van der Waals surface area contributed by atoms with Gasteiger partial charge in [-0.25, -0.2) is 9.67 Å². The van der Waals surface area contributed by atoms with Gasteiger partial charge in [-0.2, -0.15) is 5.10 Å². The van der Waals surface area contributed by atoms with E-state index in [-0.39, 0.29) is 11.5 Å². The summed E-state index contributed by atoms with van der Waals surface area (Å²) in [4.78, 5) is 6.84. The summed E-state index contributed by atoms with van der Waals surface area (Å²) in [6, 6.07) is 18.3. The molecule has 1 atom stereocenters. The van der Waals surface area contributed by atoms with Crippen molar-refractivity contribution in [1.82, 2.24) is 14.7 Å². The number of hydrogen-bond acceptors (Lipinski definition) is 3. The lowest BCUT2D eigenvalue weighted by Crippen LogP contribution is -2.38. The molecule has 0 fully saturated rings. The van der Waals surface area contributed by atoms with Crippen molar-refractivity contribution in [3.63, 3.8) is 0 Å². The summed E-state index contributed by atoms with van der Waals surface area (Å²) in [5.41, 5.74) is 5.13. The predicted molar refractivity (Wildman–Crippen MR) is 137 cm³/mol. The summed E-state index contributed by atoms with van der Waals surface area (Å²) in [6.45, 7) is 8.60. The Morgan fingerprint density at radius 2 is 1.58 bits per heavy atom. The van der Waals surface area contributed by atoms with E-state index in [1.54, 1.807) is 6.08 Å². The topological polar surface area (TPSA) is 33.4 Å². The Kier molecular flexibility index (Phi) is 5.43. The standard InChI is InChI=1S/C26H23Cl3N4/c1-15-21-22(16-10-12-17(13-11-16)26(2,3)4)32-23(29)19(27)14-20(28)24(32)30-25(21)33(31-15)18-8-6-5-7-9-18/h5-14,22H,1-4H3/t22-/m0/s1. The van der Waals surface area contributed by atoms with E-state index in [9.17, 15) is 0 Å². The fourth-order valence-corrected chi connectivity index (χ4v) is 5.05. The van der Waals surface area contributed by atoms with Crippen LogP contribution in [-0.2, 0) is 5.41 Å². The molecule has 0 amide bonds. The third-order valence-electron chi connectivity index (χ3n) is 6.02. The van der Waals surface area contributed by atoms with Crippen molar-refractivity contribution in [1.29, 1.82) is 0 Å². The van der Waals surface area contributed by atoms with E-state index in [2.05, 4.69) is 45.0 Å². The number of aromatic nitrogens is 2. The van der Waals surface area contributed by atoms with Crippen LogP contribution in [0.4, 0.5) is 5.82 Å². The van der Waals surface area contributed by atoms with Gasteiger partial charge < -0.3 is 4.90 Å². The number of halogens is 3. The molecule has 0 radical (unpaired) electrons. The van der Waals surface area contributed by atoms with Crippen molar-refractivity contribution in [2.75, 3.05) is 0 Å². The van der Waals surface area contributed by atoms with Crippen LogP contribution in [0.5, 0.6) is 0 Å². The van der Waals surface area contributed by atoms with Crippen LogP contribution in [0, 0.1) is 6.92 Å². The molecule has 0 bridgehead atoms. The van der Waals surface area contributed by atoms with E-state index < -0.39 is 0 Å². The number of allylic oxidation sites excluding steroid dienone is 2. The van der Waals surface area contributed by atoms with Gasteiger partial charge in [0.1, 0.15) is 5.16 Å². The summed E-state index contributed by atoms with van der Waals surface area (Å²) >= 11 is 19.9. The number of aryl methyl sites for hydroxylation is 1. The Balaban J connectivity index is 1.76. The minimum atomic E-state index is -0.275. The zero-order valence-corrected chi connectivity index (χ0v) is 21.0. The molecule has 3 heterocycles. The van der Waals surface area contributed by atoms with Crippen molar-refractivity contribution >= 4 is 46.5 Å². The molecule has 0 saturated heterocycles. The smallest absolute Gasteiger partial charge is 0.164 e. The van der Waals surface area contributed by atoms with Crippen molar-refractivity contribution in [2.24, 2.45) is 4.99 Å². The SMILES string of the molecule is Cc1nn(-c2ccccc2)c2c1[C@H](c1ccc(C(C)(C)C)cc1)N1C(=N2)C(Cl)=CC(Cl)=C1Cl. The lowest BCUT2D eigenvalue weighted by atomic mass is 9.85. The number of amidine groups is 1. The third kappa shape index (κ3) is 3.71. The molecule has 1 aromatic heterocycles. The van der Waals surface area contributed by atoms with Crippen LogP contribution in [0.15, 0.2) is 80.9 Å². The number of fused-ring (bicyclic) bond motifs is 2. The van der Waals surface area contributed by atoms with Gasteiger partial charge in [0.05, 0.1) is 27.5 Å². The van der Waals surface area contributed by atoms with E-state index in [1.807, 2.05) is 46.8 Å². The minimum absolute atomic E-state index is 0.0506. The monoisotopic (exact) mass is 496 g/mol. The lowest BCUT2D eigenvalue weighted by molar-refractivity contribution is 0.448. The van der Waals surface area contributed by atoms with Gasteiger partial charge in [-0.05, 0) is 41.7 Å². The average Bonchev–Trinajstić information content (AvgIpc) is 3.12. The van der Waals surface area contributed by atoms with E-state index in [4.69, 9.17) is 44.9 Å². The Morgan fingerprint density at radius 3 is 2.21 bits per heavy atom. The first-order valence-corrected chi connectivity index (χ1v) is 11.9. The maximum Gasteiger partial charge on any atom is 0.164 e. The van der Waals surface area contributed by atoms with Crippen molar-refractivity contribution in [3.8, 4) is 5.69 Å². The summed E-state index contributed by atoms with van der Waals surface area (Å²) in [5, 5.41) is 6.06. The van der Waals surface area contributed by atoms with E-state index in [1.165, 1.54) is 5.56 Å². The van der Waals surface area contributed by atoms with Crippen LogP contribution in [0.2, 0.25) is 0 Å². The molecular formula is C26H23Cl3N4. The number of nitrogens with zero attached hydrogens (tertiary/aromatic N) is 4. The molecule has 2 aliphatic heterocycles. The Morgan fingerprint density at radius 1 is 0.909 bits per heavy atom. The van der Waals surface area contributed by atoms with Crippen molar-refractivity contribution in [3.05, 3.63) is 98.3 Å². The van der Waals surface area contributed by atoms with Crippen molar-refractivity contribution < 1.29 is 0 Å². The van der Waals surface area contributed by atoms with Gasteiger partial charge in [-0.15, -0.1) is 0 Å². The van der Waals surface area contributed by atoms with Gasteiger partial charge >= 0.3 is 0 Å². The fraction of sp³-hybridized carbons (Fsp3) is 0.231. The lowest BCUT2D eigenvalue weighted by Gasteiger charge is -2.39. The molecule has 2 aliphatic rings. The first-order valence-electron chi connectivity index (χ1n) is 10.7. The van der Waals surface area contributed by atoms with E-state index >= 15 is 0 Å². The maximum atomic E-state index is 6.76. The van der Waals surface area contributed by atoms with Gasteiger partial charge in [-0.3, -0.25) is 0 Å². The van der Waals surface area contributed by atoms with Gasteiger partial charge in [0.15, 0.2) is 11.7 Å². The summed E-state index contributed by atoms with van der Waals surface area (Å²) < 4.78 is 1.86. The molecule has 168 valence electrons. The maximum absolute atomic E-state index is 6.76.